The summed E-state index contributed by atoms with van der Waals surface area (Å²) in [5, 5.41) is 12.5. The van der Waals surface area contributed by atoms with Crippen molar-refractivity contribution in [1.82, 2.24) is 10.3 Å². The van der Waals surface area contributed by atoms with Crippen molar-refractivity contribution in [3.63, 3.8) is 0 Å². The normalized spacial score (nSPS) is 10.2. The Hall–Kier alpha value is -1.09. The smallest absolute Gasteiger partial charge is 0.138 e. The largest absolute Gasteiger partial charge is 0.506 e. The fourth-order valence-corrected chi connectivity index (χ4v) is 0.977. The Morgan fingerprint density at radius 3 is 2.92 bits per heavy atom. The molecule has 1 aromatic rings. The van der Waals surface area contributed by atoms with Gasteiger partial charge in [-0.3, -0.25) is 4.98 Å². The van der Waals surface area contributed by atoms with Gasteiger partial charge in [0.1, 0.15) is 5.75 Å². The van der Waals surface area contributed by atoms with Crippen molar-refractivity contribution < 1.29 is 5.11 Å². The van der Waals surface area contributed by atoms with Crippen LogP contribution in [-0.2, 0) is 6.54 Å². The number of aromatic hydroxyl groups is 1. The van der Waals surface area contributed by atoms with E-state index in [4.69, 9.17) is 0 Å². The van der Waals surface area contributed by atoms with E-state index in [2.05, 4.69) is 10.3 Å². The SMILES string of the molecule is CCNCc1nc(C)ccc1O. The highest BCUT2D eigenvalue weighted by Gasteiger charge is 2.00. The summed E-state index contributed by atoms with van der Waals surface area (Å²) in [5.74, 6) is 0.265. The number of hydrogen-bond acceptors (Lipinski definition) is 3. The summed E-state index contributed by atoms with van der Waals surface area (Å²) in [6.07, 6.45) is 0. The predicted molar refractivity (Wildman–Crippen MR) is 48.0 cm³/mol. The maximum atomic E-state index is 9.36. The van der Waals surface area contributed by atoms with Crippen LogP contribution in [0.4, 0.5) is 0 Å². The van der Waals surface area contributed by atoms with Gasteiger partial charge in [0.05, 0.1) is 5.69 Å². The predicted octanol–water partition coefficient (Wildman–Crippen LogP) is 1.21. The lowest BCUT2D eigenvalue weighted by molar-refractivity contribution is 0.460. The third kappa shape index (κ3) is 2.20. The summed E-state index contributed by atoms with van der Waals surface area (Å²) in [4.78, 5) is 4.20. The molecule has 0 amide bonds. The zero-order valence-corrected chi connectivity index (χ0v) is 7.46. The molecule has 3 heteroatoms. The molecule has 0 spiro atoms. The first-order valence-corrected chi connectivity index (χ1v) is 4.10. The Morgan fingerprint density at radius 2 is 2.25 bits per heavy atom. The minimum Gasteiger partial charge on any atom is -0.506 e. The number of hydrogen-bond donors (Lipinski definition) is 2. The molecular weight excluding hydrogens is 152 g/mol. The summed E-state index contributed by atoms with van der Waals surface area (Å²) >= 11 is 0. The summed E-state index contributed by atoms with van der Waals surface area (Å²) in [6, 6.07) is 3.47. The lowest BCUT2D eigenvalue weighted by Gasteiger charge is -2.04. The fraction of sp³-hybridized carbons (Fsp3) is 0.444. The van der Waals surface area contributed by atoms with Gasteiger partial charge in [0.15, 0.2) is 0 Å². The number of nitrogens with one attached hydrogen (secondary N) is 1. The van der Waals surface area contributed by atoms with Gasteiger partial charge in [-0.05, 0) is 25.6 Å². The maximum Gasteiger partial charge on any atom is 0.138 e. The minimum absolute atomic E-state index is 0.265. The molecule has 1 heterocycles. The van der Waals surface area contributed by atoms with E-state index in [1.807, 2.05) is 13.8 Å². The number of rotatable bonds is 3. The lowest BCUT2D eigenvalue weighted by atomic mass is 10.3. The summed E-state index contributed by atoms with van der Waals surface area (Å²) < 4.78 is 0. The van der Waals surface area contributed by atoms with Crippen LogP contribution in [-0.4, -0.2) is 16.6 Å². The van der Waals surface area contributed by atoms with Crippen LogP contribution < -0.4 is 5.32 Å². The molecule has 0 aliphatic rings. The molecule has 12 heavy (non-hydrogen) atoms. The zero-order valence-electron chi connectivity index (χ0n) is 7.46. The second-order valence-electron chi connectivity index (χ2n) is 2.70. The van der Waals surface area contributed by atoms with Crippen molar-refractivity contribution in [2.75, 3.05) is 6.54 Å². The van der Waals surface area contributed by atoms with Crippen LogP contribution in [0.5, 0.6) is 5.75 Å². The van der Waals surface area contributed by atoms with Gasteiger partial charge in [0, 0.05) is 12.2 Å². The zero-order chi connectivity index (χ0) is 8.97. The van der Waals surface area contributed by atoms with Crippen LogP contribution in [0.3, 0.4) is 0 Å². The summed E-state index contributed by atoms with van der Waals surface area (Å²) in [5.41, 5.74) is 1.65. The van der Waals surface area contributed by atoms with Crippen LogP contribution in [0.15, 0.2) is 12.1 Å². The van der Waals surface area contributed by atoms with Crippen LogP contribution in [0.1, 0.15) is 18.3 Å². The second kappa shape index (κ2) is 4.07. The molecule has 2 N–H and O–H groups in total. The average molecular weight is 166 g/mol. The number of pyridine rings is 1. The van der Waals surface area contributed by atoms with Gasteiger partial charge in [-0.25, -0.2) is 0 Å². The van der Waals surface area contributed by atoms with Crippen molar-refractivity contribution >= 4 is 0 Å². The first-order valence-electron chi connectivity index (χ1n) is 4.10. The highest BCUT2D eigenvalue weighted by Crippen LogP contribution is 2.13. The van der Waals surface area contributed by atoms with E-state index in [-0.39, 0.29) is 5.75 Å². The third-order valence-corrected chi connectivity index (χ3v) is 1.63. The van der Waals surface area contributed by atoms with Gasteiger partial charge >= 0.3 is 0 Å². The van der Waals surface area contributed by atoms with E-state index >= 15 is 0 Å². The quantitative estimate of drug-likeness (QED) is 0.709. The van der Waals surface area contributed by atoms with E-state index < -0.39 is 0 Å². The monoisotopic (exact) mass is 166 g/mol. The molecule has 0 fully saturated rings. The van der Waals surface area contributed by atoms with Gasteiger partial charge in [0.25, 0.3) is 0 Å². The molecule has 0 saturated heterocycles. The van der Waals surface area contributed by atoms with Gasteiger partial charge in [-0.15, -0.1) is 0 Å². The molecule has 0 radical (unpaired) electrons. The molecule has 0 aliphatic carbocycles. The Morgan fingerprint density at radius 1 is 1.50 bits per heavy atom. The highest BCUT2D eigenvalue weighted by atomic mass is 16.3. The Balaban J connectivity index is 2.75. The van der Waals surface area contributed by atoms with Gasteiger partial charge < -0.3 is 10.4 Å². The van der Waals surface area contributed by atoms with E-state index in [0.29, 0.717) is 6.54 Å². The molecular formula is C9H14N2O. The first kappa shape index (κ1) is 9.00. The Labute approximate surface area is 72.5 Å². The van der Waals surface area contributed by atoms with E-state index in [1.165, 1.54) is 0 Å². The molecule has 0 bridgehead atoms. The molecule has 0 saturated carbocycles. The average Bonchev–Trinajstić information content (AvgIpc) is 2.07. The molecule has 0 aliphatic heterocycles. The molecule has 3 nitrogen and oxygen atoms in total. The van der Waals surface area contributed by atoms with Crippen LogP contribution in [0.2, 0.25) is 0 Å². The van der Waals surface area contributed by atoms with Gasteiger partial charge in [-0.2, -0.15) is 0 Å². The molecule has 66 valence electrons. The lowest BCUT2D eigenvalue weighted by Crippen LogP contribution is -2.13. The van der Waals surface area contributed by atoms with Gasteiger partial charge in [0.2, 0.25) is 0 Å². The molecule has 0 unspecified atom stereocenters. The van der Waals surface area contributed by atoms with Crippen molar-refractivity contribution in [2.45, 2.75) is 20.4 Å². The number of aromatic nitrogens is 1. The van der Waals surface area contributed by atoms with Crippen LogP contribution >= 0.6 is 0 Å². The van der Waals surface area contributed by atoms with Crippen molar-refractivity contribution in [1.29, 1.82) is 0 Å². The third-order valence-electron chi connectivity index (χ3n) is 1.63. The molecule has 0 aromatic carbocycles. The summed E-state index contributed by atoms with van der Waals surface area (Å²) in [6.45, 7) is 5.45. The fourth-order valence-electron chi connectivity index (χ4n) is 0.977. The molecule has 1 rings (SSSR count). The van der Waals surface area contributed by atoms with Gasteiger partial charge in [-0.1, -0.05) is 6.92 Å². The van der Waals surface area contributed by atoms with E-state index in [1.54, 1.807) is 12.1 Å². The van der Waals surface area contributed by atoms with Crippen LogP contribution in [0.25, 0.3) is 0 Å². The molecule has 0 atom stereocenters. The standard InChI is InChI=1S/C9H14N2O/c1-3-10-6-8-9(12)5-4-7(2)11-8/h4-5,10,12H,3,6H2,1-2H3. The second-order valence-corrected chi connectivity index (χ2v) is 2.70. The Kier molecular flexibility index (Phi) is 3.05. The number of aryl methyl sites for hydroxylation is 1. The Bertz CT molecular complexity index is 261. The van der Waals surface area contributed by atoms with Crippen molar-refractivity contribution in [3.8, 4) is 5.75 Å². The maximum absolute atomic E-state index is 9.36. The van der Waals surface area contributed by atoms with E-state index in [9.17, 15) is 5.11 Å². The minimum atomic E-state index is 0.265. The molecule has 1 aromatic heterocycles. The van der Waals surface area contributed by atoms with E-state index in [0.717, 1.165) is 17.9 Å². The van der Waals surface area contributed by atoms with Crippen LogP contribution in [0, 0.1) is 6.92 Å². The number of nitrogens with zero attached hydrogens (tertiary/aromatic N) is 1. The topological polar surface area (TPSA) is 45.2 Å². The first-order chi connectivity index (χ1) is 5.74. The van der Waals surface area contributed by atoms with Crippen molar-refractivity contribution in [2.24, 2.45) is 0 Å². The van der Waals surface area contributed by atoms with Crippen molar-refractivity contribution in [3.05, 3.63) is 23.5 Å². The summed E-state index contributed by atoms with van der Waals surface area (Å²) in [7, 11) is 0. The highest BCUT2D eigenvalue weighted by molar-refractivity contribution is 5.27.